The largest absolute Gasteiger partial charge is 0.433 e. The highest BCUT2D eigenvalue weighted by molar-refractivity contribution is 7.92. The molecule has 1 amide bonds. The number of carbonyl (C=O) groups excluding carboxylic acids is 1. The number of rotatable bonds is 7. The molecule has 12 heteroatoms. The first-order chi connectivity index (χ1) is 15.8. The molecule has 1 aromatic heterocycles. The molecule has 1 heterocycles. The van der Waals surface area contributed by atoms with E-state index < -0.39 is 33.7 Å². The lowest BCUT2D eigenvalue weighted by Crippen LogP contribution is -2.29. The van der Waals surface area contributed by atoms with Gasteiger partial charge >= 0.3 is 6.18 Å². The van der Waals surface area contributed by atoms with Crippen LogP contribution in [0, 0.1) is 0 Å². The number of hydrogen-bond acceptors (Lipinski definition) is 4. The summed E-state index contributed by atoms with van der Waals surface area (Å²) in [7, 11) is -3.74. The van der Waals surface area contributed by atoms with Gasteiger partial charge in [-0.25, -0.2) is 8.42 Å². The van der Waals surface area contributed by atoms with E-state index in [1.807, 2.05) is 0 Å². The lowest BCUT2D eigenvalue weighted by atomic mass is 9.91. The molecule has 0 bridgehead atoms. The van der Waals surface area contributed by atoms with Crippen molar-refractivity contribution in [1.82, 2.24) is 4.98 Å². The van der Waals surface area contributed by atoms with E-state index in [9.17, 15) is 26.4 Å². The number of sulfonamides is 1. The van der Waals surface area contributed by atoms with E-state index in [0.29, 0.717) is 21.2 Å². The number of hydrogen-bond donors (Lipinski definition) is 1. The summed E-state index contributed by atoms with van der Waals surface area (Å²) >= 11 is 12.2. The van der Waals surface area contributed by atoms with E-state index in [4.69, 9.17) is 28.9 Å². The number of alkyl halides is 3. The second-order valence-electron chi connectivity index (χ2n) is 7.41. The summed E-state index contributed by atoms with van der Waals surface area (Å²) in [6.45, 7) is -0.0976. The second-order valence-corrected chi connectivity index (χ2v) is 10.2. The number of amides is 1. The molecule has 6 nitrogen and oxygen atoms in total. The zero-order valence-corrected chi connectivity index (χ0v) is 19.9. The van der Waals surface area contributed by atoms with Crippen LogP contribution in [-0.4, -0.2) is 25.6 Å². The Hall–Kier alpha value is -2.82. The van der Waals surface area contributed by atoms with E-state index in [1.165, 1.54) is 24.3 Å². The zero-order valence-electron chi connectivity index (χ0n) is 17.6. The van der Waals surface area contributed by atoms with Crippen molar-refractivity contribution < 1.29 is 26.4 Å². The lowest BCUT2D eigenvalue weighted by molar-refractivity contribution is -0.141. The molecule has 34 heavy (non-hydrogen) atoms. The van der Waals surface area contributed by atoms with Gasteiger partial charge in [-0.05, 0) is 53.1 Å². The highest BCUT2D eigenvalue weighted by Gasteiger charge is 2.33. The van der Waals surface area contributed by atoms with Gasteiger partial charge in [0, 0.05) is 16.2 Å². The van der Waals surface area contributed by atoms with Gasteiger partial charge in [0.15, 0.2) is 0 Å². The van der Waals surface area contributed by atoms with Crippen LogP contribution >= 0.6 is 23.2 Å². The van der Waals surface area contributed by atoms with Crippen molar-refractivity contribution in [2.75, 3.05) is 10.6 Å². The van der Waals surface area contributed by atoms with Gasteiger partial charge in [0.25, 0.3) is 0 Å². The van der Waals surface area contributed by atoms with Crippen LogP contribution in [0.15, 0.2) is 60.8 Å². The normalized spacial score (nSPS) is 12.9. The quantitative estimate of drug-likeness (QED) is 0.464. The highest BCUT2D eigenvalue weighted by Crippen LogP contribution is 2.32. The third-order valence-electron chi connectivity index (χ3n) is 4.93. The number of aromatic nitrogens is 1. The summed E-state index contributed by atoms with van der Waals surface area (Å²) in [5, 5.41) is 0.718. The Morgan fingerprint density at radius 3 is 2.18 bits per heavy atom. The standard InChI is InChI=1S/C22H18Cl2F3N3O3S/c1-34(32,33)30(12-15-10-16(23)5-8-18(15)24)17-6-2-13(3-7-17)20(21(28)31)14-4-9-19(29-11-14)22(25,26)27/h2-11,20H,12H2,1H3,(H2,28,31). The number of anilines is 1. The SMILES string of the molecule is CS(=O)(=O)N(Cc1cc(Cl)ccc1Cl)c1ccc(C(C(N)=O)c2ccc(C(F)(F)F)nc2)cc1. The average molecular weight is 532 g/mol. The Balaban J connectivity index is 1.95. The van der Waals surface area contributed by atoms with Crippen molar-refractivity contribution in [3.63, 3.8) is 0 Å². The molecule has 180 valence electrons. The number of halogens is 5. The predicted octanol–water partition coefficient (Wildman–Crippen LogP) is 4.99. The number of primary amides is 1. The molecule has 0 aliphatic heterocycles. The maximum Gasteiger partial charge on any atom is 0.433 e. The van der Waals surface area contributed by atoms with E-state index in [-0.39, 0.29) is 17.8 Å². The third-order valence-corrected chi connectivity index (χ3v) is 6.68. The number of carbonyl (C=O) groups is 1. The summed E-state index contributed by atoms with van der Waals surface area (Å²) < 4.78 is 64.4. The first-order valence-electron chi connectivity index (χ1n) is 9.61. The molecule has 0 spiro atoms. The average Bonchev–Trinajstić information content (AvgIpc) is 2.74. The van der Waals surface area contributed by atoms with Crippen molar-refractivity contribution in [3.8, 4) is 0 Å². The number of pyridine rings is 1. The number of nitrogens with zero attached hydrogens (tertiary/aromatic N) is 2. The summed E-state index contributed by atoms with van der Waals surface area (Å²) in [6, 6.07) is 12.4. The van der Waals surface area contributed by atoms with E-state index in [2.05, 4.69) is 4.98 Å². The fourth-order valence-electron chi connectivity index (χ4n) is 3.32. The monoisotopic (exact) mass is 531 g/mol. The molecule has 0 fully saturated rings. The van der Waals surface area contributed by atoms with Crippen molar-refractivity contribution >= 4 is 44.8 Å². The molecular weight excluding hydrogens is 514 g/mol. The Labute approximate surface area is 204 Å². The van der Waals surface area contributed by atoms with Gasteiger partial charge in [0.1, 0.15) is 5.69 Å². The molecular formula is C22H18Cl2F3N3O3S. The van der Waals surface area contributed by atoms with Gasteiger partial charge in [-0.3, -0.25) is 14.1 Å². The molecule has 0 aliphatic carbocycles. The summed E-state index contributed by atoms with van der Waals surface area (Å²) in [6.07, 6.45) is -2.65. The fourth-order valence-corrected chi connectivity index (χ4v) is 4.57. The topological polar surface area (TPSA) is 93.4 Å². The van der Waals surface area contributed by atoms with Crippen LogP contribution in [0.5, 0.6) is 0 Å². The molecule has 2 N–H and O–H groups in total. The molecule has 1 unspecified atom stereocenters. The smallest absolute Gasteiger partial charge is 0.369 e. The molecule has 0 saturated carbocycles. The maximum absolute atomic E-state index is 12.8. The minimum Gasteiger partial charge on any atom is -0.369 e. The maximum atomic E-state index is 12.8. The van der Waals surface area contributed by atoms with E-state index >= 15 is 0 Å². The highest BCUT2D eigenvalue weighted by atomic mass is 35.5. The molecule has 2 aromatic carbocycles. The van der Waals surface area contributed by atoms with Crippen LogP contribution in [-0.2, 0) is 27.5 Å². The van der Waals surface area contributed by atoms with Gasteiger partial charge in [-0.1, -0.05) is 41.4 Å². The van der Waals surface area contributed by atoms with Crippen LogP contribution in [0.4, 0.5) is 18.9 Å². The van der Waals surface area contributed by atoms with Crippen LogP contribution in [0.2, 0.25) is 10.0 Å². The van der Waals surface area contributed by atoms with Crippen LogP contribution in [0.1, 0.15) is 28.3 Å². The van der Waals surface area contributed by atoms with Gasteiger partial charge in [0.05, 0.1) is 24.4 Å². The van der Waals surface area contributed by atoms with Crippen molar-refractivity contribution in [2.45, 2.75) is 18.6 Å². The summed E-state index contributed by atoms with van der Waals surface area (Å²) in [5.74, 6) is -1.89. The summed E-state index contributed by atoms with van der Waals surface area (Å²) in [4.78, 5) is 15.5. The first kappa shape index (κ1) is 25.8. The van der Waals surface area contributed by atoms with Crippen molar-refractivity contribution in [2.24, 2.45) is 5.73 Å². The molecule has 3 aromatic rings. The minimum absolute atomic E-state index is 0.0976. The minimum atomic E-state index is -4.62. The fraction of sp³-hybridized carbons (Fsp3) is 0.182. The molecule has 3 rings (SSSR count). The molecule has 0 radical (unpaired) electrons. The molecule has 0 aliphatic rings. The summed E-state index contributed by atoms with van der Waals surface area (Å²) in [5.41, 5.74) is 5.68. The molecule has 0 saturated heterocycles. The van der Waals surface area contributed by atoms with Crippen LogP contribution in [0.3, 0.4) is 0 Å². The Bertz CT molecular complexity index is 1300. The van der Waals surface area contributed by atoms with Crippen LogP contribution < -0.4 is 10.0 Å². The van der Waals surface area contributed by atoms with Gasteiger partial charge in [-0.2, -0.15) is 13.2 Å². The van der Waals surface area contributed by atoms with Gasteiger partial charge in [-0.15, -0.1) is 0 Å². The van der Waals surface area contributed by atoms with Gasteiger partial charge in [0.2, 0.25) is 15.9 Å². The Morgan fingerprint density at radius 2 is 1.68 bits per heavy atom. The molecule has 1 atom stereocenters. The van der Waals surface area contributed by atoms with Crippen molar-refractivity contribution in [3.05, 3.63) is 93.2 Å². The third kappa shape index (κ3) is 5.99. The Morgan fingerprint density at radius 1 is 1.06 bits per heavy atom. The predicted molar refractivity (Wildman–Crippen MR) is 124 cm³/mol. The lowest BCUT2D eigenvalue weighted by Gasteiger charge is -2.24. The number of benzene rings is 2. The second kappa shape index (κ2) is 9.81. The van der Waals surface area contributed by atoms with Crippen LogP contribution in [0.25, 0.3) is 0 Å². The Kier molecular flexibility index (Phi) is 7.44. The van der Waals surface area contributed by atoms with E-state index in [1.54, 1.807) is 18.2 Å². The van der Waals surface area contributed by atoms with Crippen molar-refractivity contribution in [1.29, 1.82) is 0 Å². The number of nitrogens with two attached hydrogens (primary N) is 1. The first-order valence-corrected chi connectivity index (χ1v) is 12.2. The zero-order chi connectivity index (χ0) is 25.3. The van der Waals surface area contributed by atoms with Gasteiger partial charge < -0.3 is 5.73 Å². The van der Waals surface area contributed by atoms with E-state index in [0.717, 1.165) is 28.9 Å².